The molecule has 27 heavy (non-hydrogen) atoms. The third-order valence-corrected chi connectivity index (χ3v) is 5.40. The Balaban J connectivity index is 1.37. The Hall–Kier alpha value is -3.08. The summed E-state index contributed by atoms with van der Waals surface area (Å²) in [6.45, 7) is 4.46. The Kier molecular flexibility index (Phi) is 3.74. The fraction of sp³-hybridized carbons (Fsp3) is 0.273. The van der Waals surface area contributed by atoms with Crippen molar-refractivity contribution in [3.63, 3.8) is 0 Å². The summed E-state index contributed by atoms with van der Waals surface area (Å²) in [6, 6.07) is 15.7. The van der Waals surface area contributed by atoms with Crippen molar-refractivity contribution in [1.82, 2.24) is 14.7 Å². The maximum atomic E-state index is 13.4. The van der Waals surface area contributed by atoms with Gasteiger partial charge in [-0.3, -0.25) is 9.48 Å². The fourth-order valence-electron chi connectivity index (χ4n) is 4.06. The van der Waals surface area contributed by atoms with E-state index in [1.165, 1.54) is 0 Å². The van der Waals surface area contributed by atoms with E-state index in [4.69, 9.17) is 4.74 Å². The first-order valence-corrected chi connectivity index (χ1v) is 9.32. The molecule has 5 rings (SSSR count). The number of carbonyl (C=O) groups is 1. The molecule has 0 unspecified atom stereocenters. The molecule has 0 radical (unpaired) electrons. The lowest BCUT2D eigenvalue weighted by Gasteiger charge is -2.42. The van der Waals surface area contributed by atoms with Crippen LogP contribution in [-0.2, 0) is 11.3 Å². The summed E-state index contributed by atoms with van der Waals surface area (Å²) in [5.74, 6) is 1.88. The normalized spacial score (nSPS) is 16.3. The Morgan fingerprint density at radius 3 is 2.30 bits per heavy atom. The van der Waals surface area contributed by atoms with Crippen LogP contribution in [0, 0.1) is 12.8 Å². The summed E-state index contributed by atoms with van der Waals surface area (Å²) < 4.78 is 7.98. The molecule has 0 aliphatic carbocycles. The van der Waals surface area contributed by atoms with Gasteiger partial charge in [0.05, 0.1) is 12.1 Å². The average Bonchev–Trinajstić information content (AvgIpc) is 3.06. The maximum absolute atomic E-state index is 13.4. The van der Waals surface area contributed by atoms with Crippen LogP contribution in [0.3, 0.4) is 0 Å². The van der Waals surface area contributed by atoms with E-state index >= 15 is 0 Å². The van der Waals surface area contributed by atoms with Crippen LogP contribution < -0.4 is 4.74 Å². The Morgan fingerprint density at radius 2 is 1.70 bits per heavy atom. The van der Waals surface area contributed by atoms with Gasteiger partial charge in [-0.05, 0) is 24.6 Å². The topological polar surface area (TPSA) is 47.4 Å². The molecule has 1 aromatic heterocycles. The van der Waals surface area contributed by atoms with Gasteiger partial charge in [0.2, 0.25) is 5.91 Å². The number of carbonyl (C=O) groups excluding carboxylic acids is 1. The molecule has 1 fully saturated rings. The highest BCUT2D eigenvalue weighted by Crippen LogP contribution is 2.45. The summed E-state index contributed by atoms with van der Waals surface area (Å²) >= 11 is 0. The van der Waals surface area contributed by atoms with Crippen LogP contribution in [0.5, 0.6) is 11.5 Å². The van der Waals surface area contributed by atoms with E-state index in [0.29, 0.717) is 5.92 Å². The lowest BCUT2D eigenvalue weighted by atomic mass is 9.85. The number of hydrogen-bond acceptors (Lipinski definition) is 3. The van der Waals surface area contributed by atoms with Crippen LogP contribution in [0.1, 0.15) is 22.6 Å². The zero-order valence-corrected chi connectivity index (χ0v) is 15.2. The quantitative estimate of drug-likeness (QED) is 0.718. The molecule has 0 saturated carbocycles. The van der Waals surface area contributed by atoms with E-state index in [-0.39, 0.29) is 11.8 Å². The second kappa shape index (κ2) is 6.27. The molecule has 2 aromatic carbocycles. The first-order chi connectivity index (χ1) is 13.2. The van der Waals surface area contributed by atoms with Gasteiger partial charge in [0.1, 0.15) is 11.5 Å². The lowest BCUT2D eigenvalue weighted by molar-refractivity contribution is -0.138. The first kappa shape index (κ1) is 16.1. The van der Waals surface area contributed by atoms with Gasteiger partial charge in [0, 0.05) is 42.9 Å². The Bertz CT molecular complexity index is 959. The monoisotopic (exact) mass is 359 g/mol. The van der Waals surface area contributed by atoms with E-state index in [1.54, 1.807) is 0 Å². The van der Waals surface area contributed by atoms with Gasteiger partial charge in [-0.25, -0.2) is 0 Å². The fourth-order valence-corrected chi connectivity index (χ4v) is 4.06. The number of aryl methyl sites for hydroxylation is 1. The summed E-state index contributed by atoms with van der Waals surface area (Å²) in [5, 5.41) is 4.35. The average molecular weight is 359 g/mol. The van der Waals surface area contributed by atoms with E-state index in [2.05, 4.69) is 11.3 Å². The minimum Gasteiger partial charge on any atom is -0.457 e. The van der Waals surface area contributed by atoms with Crippen molar-refractivity contribution in [2.75, 3.05) is 13.1 Å². The maximum Gasteiger partial charge on any atom is 0.234 e. The molecule has 2 aliphatic heterocycles. The van der Waals surface area contributed by atoms with Crippen molar-refractivity contribution < 1.29 is 9.53 Å². The first-order valence-electron chi connectivity index (χ1n) is 9.32. The molecule has 0 N–H and O–H groups in total. The summed E-state index contributed by atoms with van der Waals surface area (Å²) in [6.07, 6.45) is 3.92. The van der Waals surface area contributed by atoms with E-state index < -0.39 is 0 Å². The van der Waals surface area contributed by atoms with Crippen molar-refractivity contribution in [3.8, 4) is 11.5 Å². The predicted molar refractivity (Wildman–Crippen MR) is 102 cm³/mol. The van der Waals surface area contributed by atoms with E-state index in [9.17, 15) is 4.79 Å². The summed E-state index contributed by atoms with van der Waals surface area (Å²) in [7, 11) is 0. The molecule has 1 saturated heterocycles. The molecule has 3 heterocycles. The van der Waals surface area contributed by atoms with E-state index in [0.717, 1.165) is 47.8 Å². The van der Waals surface area contributed by atoms with Crippen molar-refractivity contribution in [2.45, 2.75) is 19.4 Å². The van der Waals surface area contributed by atoms with Crippen molar-refractivity contribution in [2.24, 2.45) is 5.92 Å². The van der Waals surface area contributed by atoms with Gasteiger partial charge >= 0.3 is 0 Å². The number of para-hydroxylation sites is 2. The zero-order chi connectivity index (χ0) is 18.4. The minimum atomic E-state index is -0.293. The number of rotatable bonds is 3. The number of fused-ring (bicyclic) bond motifs is 2. The van der Waals surface area contributed by atoms with Gasteiger partial charge in [0.15, 0.2) is 0 Å². The number of hydrogen-bond donors (Lipinski definition) is 0. The highest BCUT2D eigenvalue weighted by atomic mass is 16.5. The summed E-state index contributed by atoms with van der Waals surface area (Å²) in [5.41, 5.74) is 3.07. The second-order valence-electron chi connectivity index (χ2n) is 7.46. The molecule has 1 amide bonds. The van der Waals surface area contributed by atoms with Crippen LogP contribution in [0.25, 0.3) is 0 Å². The number of ether oxygens (including phenoxy) is 1. The number of benzene rings is 2. The zero-order valence-electron chi connectivity index (χ0n) is 15.2. The molecule has 3 aromatic rings. The van der Waals surface area contributed by atoms with Gasteiger partial charge in [0.25, 0.3) is 0 Å². The molecule has 136 valence electrons. The van der Waals surface area contributed by atoms with Gasteiger partial charge in [-0.2, -0.15) is 5.10 Å². The molecule has 0 atom stereocenters. The lowest BCUT2D eigenvalue weighted by Crippen LogP contribution is -2.53. The van der Waals surface area contributed by atoms with Crippen LogP contribution in [0.4, 0.5) is 0 Å². The standard InChI is InChI=1S/C22H21N3O2/c1-15-10-23-25(11-15)14-16-12-24(13-16)22(26)21-17-6-2-4-8-19(17)27-20-9-5-3-7-18(20)21/h2-11,16,21H,12-14H2,1H3. The number of nitrogens with zero attached hydrogens (tertiary/aromatic N) is 3. The molecule has 0 spiro atoms. The van der Waals surface area contributed by atoms with Gasteiger partial charge in [-0.1, -0.05) is 36.4 Å². The minimum absolute atomic E-state index is 0.158. The van der Waals surface area contributed by atoms with Crippen LogP contribution >= 0.6 is 0 Å². The SMILES string of the molecule is Cc1cnn(CC2CN(C(=O)C3c4ccccc4Oc4ccccc43)C2)c1. The largest absolute Gasteiger partial charge is 0.457 e. The molecule has 5 heteroatoms. The van der Waals surface area contributed by atoms with Crippen molar-refractivity contribution in [3.05, 3.63) is 77.6 Å². The Labute approximate surface area is 158 Å². The second-order valence-corrected chi connectivity index (χ2v) is 7.46. The van der Waals surface area contributed by atoms with Gasteiger partial charge < -0.3 is 9.64 Å². The highest BCUT2D eigenvalue weighted by molar-refractivity contribution is 5.90. The number of amides is 1. The van der Waals surface area contributed by atoms with Crippen LogP contribution in [0.15, 0.2) is 60.9 Å². The Morgan fingerprint density at radius 1 is 1.07 bits per heavy atom. The van der Waals surface area contributed by atoms with Crippen molar-refractivity contribution >= 4 is 5.91 Å². The smallest absolute Gasteiger partial charge is 0.234 e. The third kappa shape index (κ3) is 2.79. The molecule has 2 aliphatic rings. The van der Waals surface area contributed by atoms with Crippen LogP contribution in [0.2, 0.25) is 0 Å². The van der Waals surface area contributed by atoms with Crippen LogP contribution in [-0.4, -0.2) is 33.7 Å². The number of likely N-dealkylation sites (tertiary alicyclic amines) is 1. The van der Waals surface area contributed by atoms with Crippen molar-refractivity contribution in [1.29, 1.82) is 0 Å². The third-order valence-electron chi connectivity index (χ3n) is 5.40. The van der Waals surface area contributed by atoms with E-state index in [1.807, 2.05) is 71.2 Å². The summed E-state index contributed by atoms with van der Waals surface area (Å²) in [4.78, 5) is 15.3. The predicted octanol–water partition coefficient (Wildman–Crippen LogP) is 3.59. The highest BCUT2D eigenvalue weighted by Gasteiger charge is 2.39. The number of aromatic nitrogens is 2. The molecular weight excluding hydrogens is 338 g/mol. The molecule has 5 nitrogen and oxygen atoms in total. The van der Waals surface area contributed by atoms with Gasteiger partial charge in [-0.15, -0.1) is 0 Å². The molecular formula is C22H21N3O2. The molecule has 0 bridgehead atoms.